The molecule has 2 aliphatic rings. The number of aromatic nitrogens is 4. The van der Waals surface area contributed by atoms with E-state index in [9.17, 15) is 18.6 Å². The summed E-state index contributed by atoms with van der Waals surface area (Å²) in [4.78, 5) is 19.1. The SMILES string of the molecule is CCC(C)(C)Nc1nc(C)c(-c2nc3c(C4CC4)nccc3s2)c(N[C@@H]2C[C@H](CS(C)(=O)=O)[C@@H](O)[C@H]2O)n1. The third-order valence-electron chi connectivity index (χ3n) is 7.58. The molecular formula is C26H36N6O4S2. The number of rotatable bonds is 9. The summed E-state index contributed by atoms with van der Waals surface area (Å²) < 4.78 is 24.9. The number of anilines is 2. The van der Waals surface area contributed by atoms with E-state index in [0.717, 1.165) is 57.7 Å². The van der Waals surface area contributed by atoms with Gasteiger partial charge in [-0.15, -0.1) is 11.3 Å². The summed E-state index contributed by atoms with van der Waals surface area (Å²) in [5.41, 5.74) is 3.13. The molecule has 206 valence electrons. The number of aliphatic hydroxyl groups is 2. The third kappa shape index (κ3) is 5.63. The van der Waals surface area contributed by atoms with Crippen LogP contribution in [-0.2, 0) is 9.84 Å². The van der Waals surface area contributed by atoms with Crippen LogP contribution in [0, 0.1) is 12.8 Å². The Morgan fingerprint density at radius 3 is 2.55 bits per heavy atom. The van der Waals surface area contributed by atoms with E-state index in [1.807, 2.05) is 19.2 Å². The number of hydrogen-bond acceptors (Lipinski definition) is 11. The molecule has 4 N–H and O–H groups in total. The predicted molar refractivity (Wildman–Crippen MR) is 150 cm³/mol. The van der Waals surface area contributed by atoms with E-state index in [1.165, 1.54) is 0 Å². The van der Waals surface area contributed by atoms with E-state index in [4.69, 9.17) is 15.0 Å². The van der Waals surface area contributed by atoms with E-state index >= 15 is 0 Å². The summed E-state index contributed by atoms with van der Waals surface area (Å²) >= 11 is 1.55. The highest BCUT2D eigenvalue weighted by atomic mass is 32.2. The fraction of sp³-hybridized carbons (Fsp3) is 0.615. The molecular weight excluding hydrogens is 524 g/mol. The Labute approximate surface area is 227 Å². The van der Waals surface area contributed by atoms with Gasteiger partial charge < -0.3 is 20.8 Å². The molecule has 0 saturated heterocycles. The van der Waals surface area contributed by atoms with E-state index in [2.05, 4.69) is 36.4 Å². The highest BCUT2D eigenvalue weighted by Gasteiger charge is 2.43. The van der Waals surface area contributed by atoms with Gasteiger partial charge in [0.15, 0.2) is 0 Å². The fourth-order valence-electron chi connectivity index (χ4n) is 5.01. The summed E-state index contributed by atoms with van der Waals surface area (Å²) in [6.07, 6.45) is 4.07. The van der Waals surface area contributed by atoms with Gasteiger partial charge in [0.25, 0.3) is 0 Å². The van der Waals surface area contributed by atoms with Gasteiger partial charge in [-0.05, 0) is 52.5 Å². The highest BCUT2D eigenvalue weighted by Crippen LogP contribution is 2.44. The minimum atomic E-state index is -3.32. The van der Waals surface area contributed by atoms with Crippen molar-refractivity contribution < 1.29 is 18.6 Å². The lowest BCUT2D eigenvalue weighted by molar-refractivity contribution is 0.0216. The molecule has 10 nitrogen and oxygen atoms in total. The quantitative estimate of drug-likeness (QED) is 0.306. The molecule has 3 aromatic heterocycles. The molecule has 0 aromatic carbocycles. The zero-order chi connectivity index (χ0) is 27.4. The number of fused-ring (bicyclic) bond motifs is 1. The first-order valence-electron chi connectivity index (χ1n) is 13.1. The van der Waals surface area contributed by atoms with Crippen molar-refractivity contribution in [1.82, 2.24) is 19.9 Å². The molecule has 2 saturated carbocycles. The molecule has 4 atom stereocenters. The second kappa shape index (κ2) is 9.96. The van der Waals surface area contributed by atoms with Crippen LogP contribution in [0.5, 0.6) is 0 Å². The van der Waals surface area contributed by atoms with Crippen LogP contribution in [-0.4, -0.2) is 74.4 Å². The summed E-state index contributed by atoms with van der Waals surface area (Å²) in [7, 11) is -3.32. The van der Waals surface area contributed by atoms with Gasteiger partial charge in [0.05, 0.1) is 39.5 Å². The van der Waals surface area contributed by atoms with E-state index < -0.39 is 34.0 Å². The van der Waals surface area contributed by atoms with Crippen LogP contribution in [0.15, 0.2) is 12.3 Å². The summed E-state index contributed by atoms with van der Waals surface area (Å²) in [6, 6.07) is 1.38. The average Bonchev–Trinajstić information content (AvgIpc) is 3.53. The molecule has 5 rings (SSSR count). The van der Waals surface area contributed by atoms with E-state index in [-0.39, 0.29) is 17.7 Å². The van der Waals surface area contributed by atoms with E-state index in [0.29, 0.717) is 17.7 Å². The van der Waals surface area contributed by atoms with Crippen LogP contribution >= 0.6 is 11.3 Å². The lowest BCUT2D eigenvalue weighted by Gasteiger charge is -2.26. The summed E-state index contributed by atoms with van der Waals surface area (Å²) in [5.74, 6) is 0.625. The van der Waals surface area contributed by atoms with Crippen molar-refractivity contribution in [2.24, 2.45) is 5.92 Å². The molecule has 38 heavy (non-hydrogen) atoms. The standard InChI is InChI=1S/C26H36N6O4S2/c1-6-26(3,4)32-25-28-13(2)18(24-30-20-17(37-24)9-10-27-19(20)14-7-8-14)23(31-25)29-16-11-15(12-38(5,35)36)21(33)22(16)34/h9-10,14-16,21-22,33-34H,6-8,11-12H2,1-5H3,(H2,28,29,31,32)/t15-,16-,21-,22+/m1/s1. The Kier molecular flexibility index (Phi) is 7.12. The van der Waals surface area contributed by atoms with Gasteiger partial charge in [-0.25, -0.2) is 18.4 Å². The zero-order valence-corrected chi connectivity index (χ0v) is 24.0. The van der Waals surface area contributed by atoms with Gasteiger partial charge >= 0.3 is 0 Å². The number of pyridine rings is 1. The van der Waals surface area contributed by atoms with E-state index in [1.54, 1.807) is 11.3 Å². The number of nitrogens with one attached hydrogen (secondary N) is 2. The van der Waals surface area contributed by atoms with Gasteiger partial charge in [-0.3, -0.25) is 4.98 Å². The van der Waals surface area contributed by atoms with Gasteiger partial charge in [-0.1, -0.05) is 6.92 Å². The van der Waals surface area contributed by atoms with Crippen LogP contribution in [0.2, 0.25) is 0 Å². The molecule has 0 amide bonds. The summed E-state index contributed by atoms with van der Waals surface area (Å²) in [6.45, 7) is 8.13. The van der Waals surface area contributed by atoms with Crippen molar-refractivity contribution in [2.45, 2.75) is 83.1 Å². The summed E-state index contributed by atoms with van der Waals surface area (Å²) in [5, 5.41) is 28.9. The van der Waals surface area contributed by atoms with Crippen molar-refractivity contribution in [2.75, 3.05) is 22.6 Å². The molecule has 0 unspecified atom stereocenters. The van der Waals surface area contributed by atoms with Crippen molar-refractivity contribution in [3.8, 4) is 10.6 Å². The first-order chi connectivity index (χ1) is 17.8. The van der Waals surface area contributed by atoms with Crippen LogP contribution in [0.1, 0.15) is 63.8 Å². The van der Waals surface area contributed by atoms with Gasteiger partial charge in [-0.2, -0.15) is 4.98 Å². The first kappa shape index (κ1) is 27.2. The largest absolute Gasteiger partial charge is 0.390 e. The van der Waals surface area contributed by atoms with Gasteiger partial charge in [0.1, 0.15) is 32.3 Å². The molecule has 2 aliphatic carbocycles. The minimum absolute atomic E-state index is 0.189. The van der Waals surface area contributed by atoms with Crippen molar-refractivity contribution in [3.63, 3.8) is 0 Å². The van der Waals surface area contributed by atoms with Gasteiger partial charge in [0.2, 0.25) is 5.95 Å². The Bertz CT molecular complexity index is 1450. The Balaban J connectivity index is 1.56. The number of thiazole rings is 1. The van der Waals surface area contributed by atoms with Crippen LogP contribution in [0.4, 0.5) is 11.8 Å². The van der Waals surface area contributed by atoms with Crippen molar-refractivity contribution in [3.05, 3.63) is 23.7 Å². The Morgan fingerprint density at radius 2 is 1.89 bits per heavy atom. The fourth-order valence-corrected chi connectivity index (χ4v) is 7.19. The normalized spacial score (nSPS) is 24.2. The number of hydrogen-bond donors (Lipinski definition) is 4. The Hall–Kier alpha value is -2.41. The molecule has 0 aliphatic heterocycles. The molecule has 2 fully saturated rings. The predicted octanol–water partition coefficient (Wildman–Crippen LogP) is 3.50. The number of nitrogens with zero attached hydrogens (tertiary/aromatic N) is 4. The van der Waals surface area contributed by atoms with Crippen LogP contribution in [0.3, 0.4) is 0 Å². The highest BCUT2D eigenvalue weighted by molar-refractivity contribution is 7.90. The molecule has 3 aromatic rings. The maximum Gasteiger partial charge on any atom is 0.225 e. The minimum Gasteiger partial charge on any atom is -0.390 e. The number of aliphatic hydroxyl groups excluding tert-OH is 2. The van der Waals surface area contributed by atoms with Crippen molar-refractivity contribution in [1.29, 1.82) is 0 Å². The second-order valence-corrected chi connectivity index (χ2v) is 14.6. The van der Waals surface area contributed by atoms with Crippen molar-refractivity contribution >= 4 is 43.2 Å². The first-order valence-corrected chi connectivity index (χ1v) is 16.0. The topological polar surface area (TPSA) is 150 Å². The molecule has 0 spiro atoms. The monoisotopic (exact) mass is 560 g/mol. The Morgan fingerprint density at radius 1 is 1.16 bits per heavy atom. The van der Waals surface area contributed by atoms with Crippen LogP contribution in [0.25, 0.3) is 20.8 Å². The molecule has 12 heteroatoms. The maximum absolute atomic E-state index is 11.9. The maximum atomic E-state index is 11.9. The average molecular weight is 561 g/mol. The lowest BCUT2D eigenvalue weighted by Crippen LogP contribution is -2.36. The molecule has 0 bridgehead atoms. The van der Waals surface area contributed by atoms with Gasteiger partial charge in [0, 0.05) is 29.8 Å². The third-order valence-corrected chi connectivity index (χ3v) is 9.65. The second-order valence-electron chi connectivity index (χ2n) is 11.4. The smallest absolute Gasteiger partial charge is 0.225 e. The lowest BCUT2D eigenvalue weighted by atomic mass is 10.0. The molecule has 3 heterocycles. The number of sulfone groups is 1. The van der Waals surface area contributed by atoms with Crippen LogP contribution < -0.4 is 10.6 Å². The number of aryl methyl sites for hydroxylation is 1. The zero-order valence-electron chi connectivity index (χ0n) is 22.4. The molecule has 0 radical (unpaired) electrons.